The molecule has 0 saturated heterocycles. The Balaban J connectivity index is 1.54. The van der Waals surface area contributed by atoms with Crippen LogP contribution < -0.4 is 5.32 Å². The van der Waals surface area contributed by atoms with E-state index in [4.69, 9.17) is 0 Å². The van der Waals surface area contributed by atoms with E-state index >= 15 is 0 Å². The summed E-state index contributed by atoms with van der Waals surface area (Å²) in [6, 6.07) is 16.1. The van der Waals surface area contributed by atoms with Gasteiger partial charge in [0.15, 0.2) is 4.96 Å². The third-order valence-corrected chi connectivity index (χ3v) is 8.51. The second-order valence-electron chi connectivity index (χ2n) is 7.23. The zero-order valence-electron chi connectivity index (χ0n) is 18.1. The molecular weight excluding hydrogens is 444 g/mol. The fourth-order valence-corrected chi connectivity index (χ4v) is 5.98. The van der Waals surface area contributed by atoms with Crippen LogP contribution in [0.25, 0.3) is 16.2 Å². The SMILES string of the molecule is CCN(CC)S(=O)(=O)c1ccc(NC(=O)c2sc3nc(-c4ccccc4)cn3c2C)cc1. The van der Waals surface area contributed by atoms with Crippen LogP contribution >= 0.6 is 11.3 Å². The Hall–Kier alpha value is -3.01. The van der Waals surface area contributed by atoms with E-state index in [0.717, 1.165) is 21.9 Å². The number of nitrogens with zero attached hydrogens (tertiary/aromatic N) is 3. The number of sulfonamides is 1. The summed E-state index contributed by atoms with van der Waals surface area (Å²) in [4.78, 5) is 19.0. The number of carbonyl (C=O) groups excluding carboxylic acids is 1. The van der Waals surface area contributed by atoms with Gasteiger partial charge in [-0.05, 0) is 31.2 Å². The van der Waals surface area contributed by atoms with Crippen LogP contribution in [0.5, 0.6) is 0 Å². The normalized spacial score (nSPS) is 11.9. The first-order chi connectivity index (χ1) is 15.3. The van der Waals surface area contributed by atoms with Crippen molar-refractivity contribution in [2.45, 2.75) is 25.7 Å². The Morgan fingerprint density at radius 3 is 2.31 bits per heavy atom. The number of aryl methyl sites for hydroxylation is 1. The van der Waals surface area contributed by atoms with Crippen LogP contribution in [0.4, 0.5) is 5.69 Å². The predicted octanol–water partition coefficient (Wildman–Crippen LogP) is 4.65. The van der Waals surface area contributed by atoms with Gasteiger partial charge in [0.1, 0.15) is 4.88 Å². The maximum absolute atomic E-state index is 12.9. The van der Waals surface area contributed by atoms with Gasteiger partial charge in [-0.15, -0.1) is 0 Å². The number of benzene rings is 2. The van der Waals surface area contributed by atoms with E-state index in [9.17, 15) is 13.2 Å². The lowest BCUT2D eigenvalue weighted by molar-refractivity contribution is 0.102. The average Bonchev–Trinajstić information content (AvgIpc) is 3.35. The lowest BCUT2D eigenvalue weighted by Gasteiger charge is -2.18. The summed E-state index contributed by atoms with van der Waals surface area (Å²) >= 11 is 1.32. The number of amides is 1. The Labute approximate surface area is 191 Å². The number of hydrogen-bond acceptors (Lipinski definition) is 5. The van der Waals surface area contributed by atoms with Crippen molar-refractivity contribution in [3.8, 4) is 11.3 Å². The molecule has 2 aromatic heterocycles. The Bertz CT molecular complexity index is 1350. The Kier molecular flexibility index (Phi) is 6.14. The van der Waals surface area contributed by atoms with Gasteiger partial charge in [0.05, 0.1) is 10.6 Å². The molecule has 0 spiro atoms. The molecular formula is C23H24N4O3S2. The minimum Gasteiger partial charge on any atom is -0.321 e. The van der Waals surface area contributed by atoms with Gasteiger partial charge in [0, 0.05) is 36.2 Å². The van der Waals surface area contributed by atoms with Gasteiger partial charge in [0.25, 0.3) is 5.91 Å². The number of rotatable bonds is 7. The summed E-state index contributed by atoms with van der Waals surface area (Å²) < 4.78 is 28.6. The molecule has 9 heteroatoms. The standard InChI is InChI=1S/C23H24N4O3S2/c1-4-26(5-2)32(29,30)19-13-11-18(12-14-19)24-22(28)21-16(3)27-15-20(25-23(27)31-21)17-9-7-6-8-10-17/h6-15H,4-5H2,1-3H3,(H,24,28). The van der Waals surface area contributed by atoms with Gasteiger partial charge in [-0.2, -0.15) is 4.31 Å². The molecule has 0 aliphatic heterocycles. The summed E-state index contributed by atoms with van der Waals surface area (Å²) in [6.45, 7) is 6.30. The molecule has 1 N–H and O–H groups in total. The van der Waals surface area contributed by atoms with Gasteiger partial charge in [-0.25, -0.2) is 13.4 Å². The van der Waals surface area contributed by atoms with Gasteiger partial charge >= 0.3 is 0 Å². The van der Waals surface area contributed by atoms with Crippen LogP contribution in [0.3, 0.4) is 0 Å². The summed E-state index contributed by atoms with van der Waals surface area (Å²) in [5.41, 5.74) is 3.22. The minimum atomic E-state index is -3.53. The maximum Gasteiger partial charge on any atom is 0.267 e. The summed E-state index contributed by atoms with van der Waals surface area (Å²) in [6.07, 6.45) is 1.93. The van der Waals surface area contributed by atoms with E-state index in [0.29, 0.717) is 23.7 Å². The lowest BCUT2D eigenvalue weighted by atomic mass is 10.2. The molecule has 166 valence electrons. The number of aromatic nitrogens is 2. The number of hydrogen-bond donors (Lipinski definition) is 1. The monoisotopic (exact) mass is 468 g/mol. The molecule has 0 radical (unpaired) electrons. The predicted molar refractivity (Wildman–Crippen MR) is 128 cm³/mol. The van der Waals surface area contributed by atoms with E-state index in [2.05, 4.69) is 10.3 Å². The highest BCUT2D eigenvalue weighted by Crippen LogP contribution is 2.28. The Morgan fingerprint density at radius 2 is 1.72 bits per heavy atom. The highest BCUT2D eigenvalue weighted by molar-refractivity contribution is 7.89. The van der Waals surface area contributed by atoms with E-state index in [-0.39, 0.29) is 10.8 Å². The molecule has 1 amide bonds. The first kappa shape index (κ1) is 22.2. The van der Waals surface area contributed by atoms with E-state index in [1.54, 1.807) is 26.0 Å². The van der Waals surface area contributed by atoms with Crippen molar-refractivity contribution < 1.29 is 13.2 Å². The summed E-state index contributed by atoms with van der Waals surface area (Å²) in [5.74, 6) is -0.251. The van der Waals surface area contributed by atoms with Gasteiger partial charge in [0.2, 0.25) is 10.0 Å². The van der Waals surface area contributed by atoms with Crippen LogP contribution in [0, 0.1) is 6.92 Å². The van der Waals surface area contributed by atoms with Gasteiger partial charge < -0.3 is 5.32 Å². The maximum atomic E-state index is 12.9. The smallest absolute Gasteiger partial charge is 0.267 e. The molecule has 0 saturated carbocycles. The fourth-order valence-electron chi connectivity index (χ4n) is 3.52. The topological polar surface area (TPSA) is 83.8 Å². The number of carbonyl (C=O) groups is 1. The Morgan fingerprint density at radius 1 is 1.06 bits per heavy atom. The second kappa shape index (κ2) is 8.85. The van der Waals surface area contributed by atoms with Gasteiger partial charge in [-0.1, -0.05) is 55.5 Å². The summed E-state index contributed by atoms with van der Waals surface area (Å²) in [7, 11) is -3.53. The van der Waals surface area contributed by atoms with Crippen molar-refractivity contribution in [1.29, 1.82) is 0 Å². The average molecular weight is 469 g/mol. The number of fused-ring (bicyclic) bond motifs is 1. The molecule has 0 unspecified atom stereocenters. The molecule has 0 fully saturated rings. The first-order valence-corrected chi connectivity index (χ1v) is 12.6. The molecule has 0 atom stereocenters. The van der Waals surface area contributed by atoms with Crippen molar-refractivity contribution in [3.63, 3.8) is 0 Å². The van der Waals surface area contributed by atoms with Crippen LogP contribution in [-0.4, -0.2) is 41.1 Å². The molecule has 0 bridgehead atoms. The molecule has 0 aliphatic rings. The van der Waals surface area contributed by atoms with E-state index in [1.807, 2.05) is 47.9 Å². The van der Waals surface area contributed by atoms with Crippen molar-refractivity contribution >= 4 is 37.9 Å². The number of nitrogens with one attached hydrogen (secondary N) is 1. The van der Waals surface area contributed by atoms with Crippen LogP contribution in [-0.2, 0) is 10.0 Å². The third kappa shape index (κ3) is 4.06. The molecule has 2 aromatic carbocycles. The van der Waals surface area contributed by atoms with E-state index < -0.39 is 10.0 Å². The second-order valence-corrected chi connectivity index (χ2v) is 10.1. The highest BCUT2D eigenvalue weighted by atomic mass is 32.2. The third-order valence-electron chi connectivity index (χ3n) is 5.29. The zero-order valence-corrected chi connectivity index (χ0v) is 19.7. The van der Waals surface area contributed by atoms with Crippen molar-refractivity contribution in [2.75, 3.05) is 18.4 Å². The highest BCUT2D eigenvalue weighted by Gasteiger charge is 2.22. The van der Waals surface area contributed by atoms with Crippen molar-refractivity contribution in [2.24, 2.45) is 0 Å². The molecule has 0 aliphatic carbocycles. The van der Waals surface area contributed by atoms with Crippen molar-refractivity contribution in [1.82, 2.24) is 13.7 Å². The minimum absolute atomic E-state index is 0.207. The molecule has 2 heterocycles. The lowest BCUT2D eigenvalue weighted by Crippen LogP contribution is -2.30. The quantitative estimate of drug-likeness (QED) is 0.428. The van der Waals surface area contributed by atoms with Crippen molar-refractivity contribution in [3.05, 3.63) is 71.4 Å². The molecule has 32 heavy (non-hydrogen) atoms. The van der Waals surface area contributed by atoms with Crippen LogP contribution in [0.15, 0.2) is 65.7 Å². The van der Waals surface area contributed by atoms with Gasteiger partial charge in [-0.3, -0.25) is 9.20 Å². The zero-order chi connectivity index (χ0) is 22.9. The molecule has 4 rings (SSSR count). The van der Waals surface area contributed by atoms with Crippen LogP contribution in [0.2, 0.25) is 0 Å². The van der Waals surface area contributed by atoms with Crippen LogP contribution in [0.1, 0.15) is 29.2 Å². The fraction of sp³-hybridized carbons (Fsp3) is 0.217. The number of thiazole rings is 1. The molecule has 4 aromatic rings. The molecule has 7 nitrogen and oxygen atoms in total. The van der Waals surface area contributed by atoms with E-state index in [1.165, 1.54) is 27.8 Å². The summed E-state index contributed by atoms with van der Waals surface area (Å²) in [5, 5.41) is 2.85. The number of imidazole rings is 1. The first-order valence-electron chi connectivity index (χ1n) is 10.3. The number of anilines is 1. The largest absolute Gasteiger partial charge is 0.321 e.